The average molecular weight is 231 g/mol. The normalized spacial score (nSPS) is 10.3. The molecule has 0 atom stereocenters. The highest BCUT2D eigenvalue weighted by Crippen LogP contribution is 2.37. The van der Waals surface area contributed by atoms with Gasteiger partial charge in [0.1, 0.15) is 0 Å². The third-order valence-electron chi connectivity index (χ3n) is 2.12. The van der Waals surface area contributed by atoms with E-state index in [1.807, 2.05) is 6.92 Å². The van der Waals surface area contributed by atoms with Crippen molar-refractivity contribution in [1.29, 1.82) is 0 Å². The van der Waals surface area contributed by atoms with E-state index in [4.69, 9.17) is 15.6 Å². The lowest BCUT2D eigenvalue weighted by Crippen LogP contribution is -2.24. The first-order chi connectivity index (χ1) is 7.24. The maximum Gasteiger partial charge on any atom is 0.197 e. The Labute approximate surface area is 93.6 Å². The monoisotopic (exact) mass is 231 g/mol. The summed E-state index contributed by atoms with van der Waals surface area (Å²) < 4.78 is 9.25. The van der Waals surface area contributed by atoms with Gasteiger partial charge in [-0.3, -0.25) is 0 Å². The predicted molar refractivity (Wildman–Crippen MR) is 62.7 cm³/mol. The van der Waals surface area contributed by atoms with Crippen molar-refractivity contribution in [3.8, 4) is 5.75 Å². The molecule has 1 aromatic heterocycles. The topological polar surface area (TPSA) is 71.6 Å². The number of nitrogens with zero attached hydrogens (tertiary/aromatic N) is 2. The highest BCUT2D eigenvalue weighted by atomic mass is 32.1. The van der Waals surface area contributed by atoms with Crippen LogP contribution in [0.1, 0.15) is 13.3 Å². The van der Waals surface area contributed by atoms with Crippen LogP contribution in [0.4, 0.5) is 10.8 Å². The molecule has 6 heteroatoms. The molecule has 1 rings (SSSR count). The van der Waals surface area contributed by atoms with E-state index in [0.29, 0.717) is 11.6 Å². The summed E-state index contributed by atoms with van der Waals surface area (Å²) in [4.78, 5) is 2.10. The van der Waals surface area contributed by atoms with Gasteiger partial charge in [-0.2, -0.15) is 4.37 Å². The highest BCUT2D eigenvalue weighted by Gasteiger charge is 2.16. The molecule has 0 saturated heterocycles. The van der Waals surface area contributed by atoms with Gasteiger partial charge in [0.15, 0.2) is 16.6 Å². The van der Waals surface area contributed by atoms with Crippen molar-refractivity contribution in [3.05, 3.63) is 0 Å². The summed E-state index contributed by atoms with van der Waals surface area (Å²) in [5, 5.41) is 9.73. The smallest absolute Gasteiger partial charge is 0.197 e. The molecule has 0 aliphatic carbocycles. The summed E-state index contributed by atoms with van der Waals surface area (Å²) in [6.45, 7) is 3.86. The van der Waals surface area contributed by atoms with Gasteiger partial charge in [0.05, 0.1) is 7.11 Å². The average Bonchev–Trinajstić information content (AvgIpc) is 2.61. The molecule has 5 nitrogen and oxygen atoms in total. The first-order valence-corrected chi connectivity index (χ1v) is 5.66. The quantitative estimate of drug-likeness (QED) is 0.762. The van der Waals surface area contributed by atoms with Crippen LogP contribution < -0.4 is 15.4 Å². The fraction of sp³-hybridized carbons (Fsp3) is 0.667. The second kappa shape index (κ2) is 5.77. The van der Waals surface area contributed by atoms with E-state index in [-0.39, 0.29) is 6.61 Å². The van der Waals surface area contributed by atoms with Crippen LogP contribution >= 0.6 is 11.5 Å². The number of rotatable bonds is 6. The third-order valence-corrected chi connectivity index (χ3v) is 3.02. The number of aliphatic hydroxyl groups excluding tert-OH is 1. The summed E-state index contributed by atoms with van der Waals surface area (Å²) >= 11 is 1.33. The van der Waals surface area contributed by atoms with Gasteiger partial charge in [0.25, 0.3) is 0 Å². The molecule has 0 radical (unpaired) electrons. The number of hydrogen-bond donors (Lipinski definition) is 2. The second-order valence-corrected chi connectivity index (χ2v) is 3.81. The van der Waals surface area contributed by atoms with Crippen molar-refractivity contribution < 1.29 is 9.84 Å². The largest absolute Gasteiger partial charge is 0.490 e. The SMILES string of the molecule is CCN(CCCO)c1snc(N)c1OC. The number of nitrogen functional groups attached to an aromatic ring is 1. The minimum absolute atomic E-state index is 0.188. The molecule has 0 aliphatic rings. The lowest BCUT2D eigenvalue weighted by Gasteiger charge is -2.21. The Bertz CT molecular complexity index is 304. The Morgan fingerprint density at radius 2 is 2.33 bits per heavy atom. The number of aromatic nitrogens is 1. The van der Waals surface area contributed by atoms with E-state index in [0.717, 1.165) is 24.5 Å². The van der Waals surface area contributed by atoms with Crippen LogP contribution in [0.3, 0.4) is 0 Å². The molecular formula is C9H17N3O2S. The predicted octanol–water partition coefficient (Wildman–Crippen LogP) is 0.943. The zero-order chi connectivity index (χ0) is 11.3. The Morgan fingerprint density at radius 3 is 2.87 bits per heavy atom. The number of methoxy groups -OCH3 is 1. The minimum atomic E-state index is 0.188. The molecule has 15 heavy (non-hydrogen) atoms. The van der Waals surface area contributed by atoms with Crippen molar-refractivity contribution in [2.45, 2.75) is 13.3 Å². The molecule has 0 aromatic carbocycles. The molecule has 0 bridgehead atoms. The van der Waals surface area contributed by atoms with Gasteiger partial charge in [-0.25, -0.2) is 0 Å². The number of anilines is 2. The zero-order valence-corrected chi connectivity index (χ0v) is 9.88. The Morgan fingerprint density at radius 1 is 1.60 bits per heavy atom. The van der Waals surface area contributed by atoms with E-state index in [1.54, 1.807) is 7.11 Å². The summed E-state index contributed by atoms with van der Waals surface area (Å²) in [5.41, 5.74) is 5.67. The standard InChI is InChI=1S/C9H17N3O2S/c1-3-12(5-4-6-13)9-7(14-2)8(10)11-15-9/h13H,3-6H2,1-2H3,(H2,10,11). The molecule has 0 spiro atoms. The molecule has 0 aliphatic heterocycles. The van der Waals surface area contributed by atoms with Crippen LogP contribution in [0, 0.1) is 0 Å². The molecule has 1 aromatic rings. The maximum absolute atomic E-state index is 8.79. The summed E-state index contributed by atoms with van der Waals surface area (Å²) in [5.74, 6) is 1.07. The van der Waals surface area contributed by atoms with E-state index in [9.17, 15) is 0 Å². The highest BCUT2D eigenvalue weighted by molar-refractivity contribution is 7.11. The molecule has 3 N–H and O–H groups in total. The fourth-order valence-corrected chi connectivity index (χ4v) is 2.22. The van der Waals surface area contributed by atoms with Crippen LogP contribution in [0.15, 0.2) is 0 Å². The van der Waals surface area contributed by atoms with E-state index < -0.39 is 0 Å². The molecular weight excluding hydrogens is 214 g/mol. The molecule has 0 fully saturated rings. The number of hydrogen-bond acceptors (Lipinski definition) is 6. The minimum Gasteiger partial charge on any atom is -0.490 e. The Hall–Kier alpha value is -1.01. The van der Waals surface area contributed by atoms with Crippen molar-refractivity contribution in [2.75, 3.05) is 37.4 Å². The van der Waals surface area contributed by atoms with E-state index in [2.05, 4.69) is 9.27 Å². The first-order valence-electron chi connectivity index (χ1n) is 4.89. The van der Waals surface area contributed by atoms with Crippen LogP contribution in [0.25, 0.3) is 0 Å². The van der Waals surface area contributed by atoms with Crippen LogP contribution in [0.2, 0.25) is 0 Å². The van der Waals surface area contributed by atoms with Crippen molar-refractivity contribution >= 4 is 22.4 Å². The number of ether oxygens (including phenoxy) is 1. The summed E-state index contributed by atoms with van der Waals surface area (Å²) in [6, 6.07) is 0. The summed E-state index contributed by atoms with van der Waals surface area (Å²) in [6.07, 6.45) is 0.731. The Kier molecular flexibility index (Phi) is 4.64. The van der Waals surface area contributed by atoms with Gasteiger partial charge in [0, 0.05) is 19.7 Å². The van der Waals surface area contributed by atoms with Crippen molar-refractivity contribution in [3.63, 3.8) is 0 Å². The third kappa shape index (κ3) is 2.73. The fourth-order valence-electron chi connectivity index (χ4n) is 1.34. The van der Waals surface area contributed by atoms with Gasteiger partial charge in [-0.05, 0) is 24.9 Å². The van der Waals surface area contributed by atoms with Gasteiger partial charge >= 0.3 is 0 Å². The maximum atomic E-state index is 8.79. The molecule has 0 unspecified atom stereocenters. The zero-order valence-electron chi connectivity index (χ0n) is 9.06. The number of nitrogens with two attached hydrogens (primary N) is 1. The van der Waals surface area contributed by atoms with Crippen LogP contribution in [-0.2, 0) is 0 Å². The molecule has 0 amide bonds. The van der Waals surface area contributed by atoms with Gasteiger partial charge in [-0.1, -0.05) is 0 Å². The van der Waals surface area contributed by atoms with Gasteiger partial charge in [-0.15, -0.1) is 0 Å². The number of aliphatic hydroxyl groups is 1. The van der Waals surface area contributed by atoms with E-state index >= 15 is 0 Å². The van der Waals surface area contributed by atoms with Gasteiger partial charge in [0.2, 0.25) is 0 Å². The van der Waals surface area contributed by atoms with Gasteiger partial charge < -0.3 is 20.5 Å². The second-order valence-electron chi connectivity index (χ2n) is 3.06. The van der Waals surface area contributed by atoms with Crippen LogP contribution in [0.5, 0.6) is 5.75 Å². The lowest BCUT2D eigenvalue weighted by molar-refractivity contribution is 0.289. The lowest BCUT2D eigenvalue weighted by atomic mass is 10.4. The van der Waals surface area contributed by atoms with Crippen molar-refractivity contribution in [1.82, 2.24) is 4.37 Å². The van der Waals surface area contributed by atoms with E-state index in [1.165, 1.54) is 11.5 Å². The molecule has 86 valence electrons. The molecule has 1 heterocycles. The summed E-state index contributed by atoms with van der Waals surface area (Å²) in [7, 11) is 1.59. The van der Waals surface area contributed by atoms with Crippen molar-refractivity contribution in [2.24, 2.45) is 0 Å². The van der Waals surface area contributed by atoms with Crippen LogP contribution in [-0.4, -0.2) is 36.3 Å². The molecule has 0 saturated carbocycles. The first kappa shape index (κ1) is 12.1. The Balaban J connectivity index is 2.81.